The summed E-state index contributed by atoms with van der Waals surface area (Å²) in [5.74, 6) is 0.176. The third kappa shape index (κ3) is 2.76. The molecule has 0 bridgehead atoms. The van der Waals surface area contributed by atoms with E-state index in [1.54, 1.807) is 6.07 Å². The SMILES string of the molecule is FC(F)(F)c1ccccc1-c1nnnn1C1CCNCC1. The predicted octanol–water partition coefficient (Wildman–Crippen LogP) is 2.28. The Morgan fingerprint density at radius 1 is 1.14 bits per heavy atom. The molecule has 0 aliphatic carbocycles. The number of aromatic nitrogens is 4. The van der Waals surface area contributed by atoms with Crippen molar-refractivity contribution in [2.75, 3.05) is 13.1 Å². The molecule has 0 unspecified atom stereocenters. The molecule has 8 heteroatoms. The second-order valence-electron chi connectivity index (χ2n) is 4.97. The van der Waals surface area contributed by atoms with E-state index in [2.05, 4.69) is 20.8 Å². The fraction of sp³-hybridized carbons (Fsp3) is 0.462. The van der Waals surface area contributed by atoms with Gasteiger partial charge in [0.1, 0.15) is 0 Å². The van der Waals surface area contributed by atoms with Crippen molar-refractivity contribution >= 4 is 0 Å². The van der Waals surface area contributed by atoms with Gasteiger partial charge in [-0.05, 0) is 42.4 Å². The Kier molecular flexibility index (Phi) is 3.62. The summed E-state index contributed by atoms with van der Waals surface area (Å²) in [6, 6.07) is 5.41. The van der Waals surface area contributed by atoms with Gasteiger partial charge in [-0.2, -0.15) is 13.2 Å². The molecule has 0 atom stereocenters. The van der Waals surface area contributed by atoms with Crippen LogP contribution in [0.2, 0.25) is 0 Å². The van der Waals surface area contributed by atoms with Crippen LogP contribution in [0.15, 0.2) is 24.3 Å². The van der Waals surface area contributed by atoms with Crippen LogP contribution >= 0.6 is 0 Å². The normalized spacial score (nSPS) is 17.1. The lowest BCUT2D eigenvalue weighted by Crippen LogP contribution is -2.30. The van der Waals surface area contributed by atoms with E-state index in [-0.39, 0.29) is 17.4 Å². The summed E-state index contributed by atoms with van der Waals surface area (Å²) in [7, 11) is 0. The van der Waals surface area contributed by atoms with E-state index in [1.807, 2.05) is 0 Å². The minimum absolute atomic E-state index is 0.0218. The molecule has 112 valence electrons. The number of rotatable bonds is 2. The molecule has 5 nitrogen and oxygen atoms in total. The minimum Gasteiger partial charge on any atom is -0.317 e. The molecule has 21 heavy (non-hydrogen) atoms. The molecule has 1 aliphatic heterocycles. The second-order valence-corrected chi connectivity index (χ2v) is 4.97. The van der Waals surface area contributed by atoms with E-state index < -0.39 is 11.7 Å². The zero-order chi connectivity index (χ0) is 14.9. The first-order valence-electron chi connectivity index (χ1n) is 6.72. The van der Waals surface area contributed by atoms with Gasteiger partial charge in [0.2, 0.25) is 0 Å². The molecule has 1 aromatic carbocycles. The van der Waals surface area contributed by atoms with Gasteiger partial charge in [0.05, 0.1) is 11.6 Å². The first kappa shape index (κ1) is 14.0. The van der Waals surface area contributed by atoms with Crippen molar-refractivity contribution in [3.63, 3.8) is 0 Å². The highest BCUT2D eigenvalue weighted by molar-refractivity contribution is 5.61. The van der Waals surface area contributed by atoms with Crippen LogP contribution in [0.1, 0.15) is 24.4 Å². The van der Waals surface area contributed by atoms with Gasteiger partial charge in [-0.3, -0.25) is 0 Å². The minimum atomic E-state index is -4.43. The Hall–Kier alpha value is -1.96. The summed E-state index contributed by atoms with van der Waals surface area (Å²) >= 11 is 0. The van der Waals surface area contributed by atoms with E-state index in [9.17, 15) is 13.2 Å². The maximum absolute atomic E-state index is 13.1. The van der Waals surface area contributed by atoms with Gasteiger partial charge in [0, 0.05) is 5.56 Å². The average molecular weight is 297 g/mol. The number of tetrazole rings is 1. The molecule has 1 aliphatic rings. The number of nitrogens with zero attached hydrogens (tertiary/aromatic N) is 4. The number of alkyl halides is 3. The van der Waals surface area contributed by atoms with Crippen molar-refractivity contribution in [2.45, 2.75) is 25.1 Å². The topological polar surface area (TPSA) is 55.6 Å². The molecule has 1 saturated heterocycles. The van der Waals surface area contributed by atoms with Crippen molar-refractivity contribution in [3.8, 4) is 11.4 Å². The third-order valence-corrected chi connectivity index (χ3v) is 3.62. The summed E-state index contributed by atoms with van der Waals surface area (Å²) < 4.78 is 40.9. The summed E-state index contributed by atoms with van der Waals surface area (Å²) in [4.78, 5) is 0. The maximum Gasteiger partial charge on any atom is 0.417 e. The number of halogens is 3. The zero-order valence-corrected chi connectivity index (χ0v) is 11.1. The van der Waals surface area contributed by atoms with Gasteiger partial charge < -0.3 is 5.32 Å². The van der Waals surface area contributed by atoms with Crippen molar-refractivity contribution in [1.82, 2.24) is 25.5 Å². The molecule has 2 aromatic rings. The number of hydrogen-bond donors (Lipinski definition) is 1. The van der Waals surface area contributed by atoms with E-state index in [4.69, 9.17) is 0 Å². The highest BCUT2D eigenvalue weighted by Crippen LogP contribution is 2.36. The lowest BCUT2D eigenvalue weighted by atomic mass is 10.0. The molecule has 0 spiro atoms. The van der Waals surface area contributed by atoms with E-state index in [0.717, 1.165) is 32.0 Å². The largest absolute Gasteiger partial charge is 0.417 e. The Balaban J connectivity index is 2.04. The first-order valence-corrected chi connectivity index (χ1v) is 6.72. The van der Waals surface area contributed by atoms with Crippen LogP contribution in [0.25, 0.3) is 11.4 Å². The van der Waals surface area contributed by atoms with Crippen molar-refractivity contribution in [2.24, 2.45) is 0 Å². The van der Waals surface area contributed by atoms with Crippen LogP contribution in [-0.2, 0) is 6.18 Å². The van der Waals surface area contributed by atoms with Crippen LogP contribution in [-0.4, -0.2) is 33.3 Å². The average Bonchev–Trinajstić information content (AvgIpc) is 2.96. The summed E-state index contributed by atoms with van der Waals surface area (Å²) in [6.07, 6.45) is -2.83. The monoisotopic (exact) mass is 297 g/mol. The van der Waals surface area contributed by atoms with Gasteiger partial charge in [-0.25, -0.2) is 4.68 Å². The molecule has 1 N–H and O–H groups in total. The summed E-state index contributed by atoms with van der Waals surface area (Å²) in [6.45, 7) is 1.62. The predicted molar refractivity (Wildman–Crippen MR) is 69.4 cm³/mol. The highest BCUT2D eigenvalue weighted by atomic mass is 19.4. The van der Waals surface area contributed by atoms with E-state index in [1.165, 1.54) is 16.8 Å². The number of nitrogens with one attached hydrogen (secondary N) is 1. The molecule has 0 amide bonds. The molecule has 0 radical (unpaired) electrons. The van der Waals surface area contributed by atoms with Gasteiger partial charge in [-0.15, -0.1) is 5.10 Å². The molecule has 2 heterocycles. The molecule has 3 rings (SSSR count). The fourth-order valence-corrected chi connectivity index (χ4v) is 2.59. The fourth-order valence-electron chi connectivity index (χ4n) is 2.59. The quantitative estimate of drug-likeness (QED) is 0.924. The smallest absolute Gasteiger partial charge is 0.317 e. The number of hydrogen-bond acceptors (Lipinski definition) is 4. The Morgan fingerprint density at radius 2 is 1.86 bits per heavy atom. The molecule has 1 fully saturated rings. The Labute approximate surface area is 119 Å². The van der Waals surface area contributed by atoms with Crippen molar-refractivity contribution in [1.29, 1.82) is 0 Å². The van der Waals surface area contributed by atoms with Gasteiger partial charge in [0.15, 0.2) is 5.82 Å². The second kappa shape index (κ2) is 5.44. The van der Waals surface area contributed by atoms with Crippen molar-refractivity contribution < 1.29 is 13.2 Å². The number of benzene rings is 1. The highest BCUT2D eigenvalue weighted by Gasteiger charge is 2.35. The van der Waals surface area contributed by atoms with Crippen molar-refractivity contribution in [3.05, 3.63) is 29.8 Å². The Morgan fingerprint density at radius 3 is 2.57 bits per heavy atom. The standard InChI is InChI=1S/C13H14F3N5/c14-13(15,16)11-4-2-1-3-10(11)12-18-19-20-21(12)9-5-7-17-8-6-9/h1-4,9,17H,5-8H2. The molecule has 0 saturated carbocycles. The molecule has 1 aromatic heterocycles. The molecular formula is C13H14F3N5. The van der Waals surface area contributed by atoms with E-state index in [0.29, 0.717) is 0 Å². The van der Waals surface area contributed by atoms with Gasteiger partial charge in [0.25, 0.3) is 0 Å². The third-order valence-electron chi connectivity index (χ3n) is 3.62. The summed E-state index contributed by atoms with van der Waals surface area (Å²) in [5.41, 5.74) is -0.691. The number of piperidine rings is 1. The van der Waals surface area contributed by atoms with Crippen LogP contribution in [0.4, 0.5) is 13.2 Å². The Bertz CT molecular complexity index is 616. The molecular weight excluding hydrogens is 283 g/mol. The lowest BCUT2D eigenvalue weighted by Gasteiger charge is -2.23. The van der Waals surface area contributed by atoms with Gasteiger partial charge in [-0.1, -0.05) is 18.2 Å². The van der Waals surface area contributed by atoms with E-state index >= 15 is 0 Å². The van der Waals surface area contributed by atoms with Crippen LogP contribution in [0, 0.1) is 0 Å². The maximum atomic E-state index is 13.1. The first-order chi connectivity index (χ1) is 10.1. The van der Waals surface area contributed by atoms with Crippen LogP contribution in [0.5, 0.6) is 0 Å². The van der Waals surface area contributed by atoms with Crippen LogP contribution in [0.3, 0.4) is 0 Å². The van der Waals surface area contributed by atoms with Crippen LogP contribution < -0.4 is 5.32 Å². The zero-order valence-electron chi connectivity index (χ0n) is 11.1. The summed E-state index contributed by atoms with van der Waals surface area (Å²) in [5, 5.41) is 14.5. The van der Waals surface area contributed by atoms with Gasteiger partial charge >= 0.3 is 6.18 Å². The lowest BCUT2D eigenvalue weighted by molar-refractivity contribution is -0.137.